The number of rotatable bonds is 7. The van der Waals surface area contributed by atoms with Crippen LogP contribution in [0.15, 0.2) is 66.5 Å². The van der Waals surface area contributed by atoms with Crippen LogP contribution in [0.3, 0.4) is 0 Å². The highest BCUT2D eigenvalue weighted by atomic mass is 19.1. The van der Waals surface area contributed by atoms with Crippen molar-refractivity contribution in [2.24, 2.45) is 0 Å². The van der Waals surface area contributed by atoms with Gasteiger partial charge in [-0.15, -0.1) is 0 Å². The van der Waals surface area contributed by atoms with E-state index >= 15 is 0 Å². The number of Topliss-reactive ketones (excluding diaryl/α,β-unsaturated/α-hetero) is 1. The van der Waals surface area contributed by atoms with Crippen molar-refractivity contribution in [2.45, 2.75) is 12.6 Å². The SMILES string of the molecule is COc1cc(C2C(=C(O)c3ccc(F)cc3)C(=O)C(=O)N2Cc2cccnc2)cc(OC)c1OC. The van der Waals surface area contributed by atoms with Gasteiger partial charge in [0.1, 0.15) is 11.6 Å². The van der Waals surface area contributed by atoms with E-state index in [0.717, 1.165) is 12.1 Å². The molecule has 0 radical (unpaired) electrons. The molecule has 2 aromatic carbocycles. The first-order chi connectivity index (χ1) is 16.9. The summed E-state index contributed by atoms with van der Waals surface area (Å²) in [7, 11) is 4.36. The van der Waals surface area contributed by atoms with Crippen LogP contribution in [0.25, 0.3) is 5.76 Å². The molecule has 1 amide bonds. The number of hydrogen-bond acceptors (Lipinski definition) is 7. The topological polar surface area (TPSA) is 98.2 Å². The summed E-state index contributed by atoms with van der Waals surface area (Å²) in [6.07, 6.45) is 3.19. The highest BCUT2D eigenvalue weighted by Crippen LogP contribution is 2.46. The molecule has 3 aromatic rings. The first kappa shape index (κ1) is 23.7. The van der Waals surface area contributed by atoms with E-state index in [9.17, 15) is 19.1 Å². The van der Waals surface area contributed by atoms with Crippen molar-refractivity contribution in [1.29, 1.82) is 0 Å². The molecule has 1 aliphatic heterocycles. The number of aromatic nitrogens is 1. The van der Waals surface area contributed by atoms with Crippen molar-refractivity contribution < 1.29 is 33.3 Å². The van der Waals surface area contributed by atoms with Crippen molar-refractivity contribution in [3.05, 3.63) is 89.0 Å². The number of hydrogen-bond donors (Lipinski definition) is 1. The van der Waals surface area contributed by atoms with Crippen LogP contribution >= 0.6 is 0 Å². The molecule has 0 saturated carbocycles. The summed E-state index contributed by atoms with van der Waals surface area (Å²) in [6.45, 7) is 0.0555. The molecule has 0 spiro atoms. The van der Waals surface area contributed by atoms with Crippen LogP contribution in [0.5, 0.6) is 17.2 Å². The molecule has 1 unspecified atom stereocenters. The lowest BCUT2D eigenvalue weighted by Gasteiger charge is -2.26. The third-order valence-corrected chi connectivity index (χ3v) is 5.74. The second kappa shape index (κ2) is 9.84. The Bertz CT molecular complexity index is 1270. The van der Waals surface area contributed by atoms with Crippen molar-refractivity contribution in [3.8, 4) is 17.2 Å². The first-order valence-electron chi connectivity index (χ1n) is 10.6. The number of methoxy groups -OCH3 is 3. The number of benzene rings is 2. The molecule has 35 heavy (non-hydrogen) atoms. The Balaban J connectivity index is 1.94. The largest absolute Gasteiger partial charge is 0.507 e. The fourth-order valence-corrected chi connectivity index (χ4v) is 4.10. The molecular formula is C26H23FN2O6. The third-order valence-electron chi connectivity index (χ3n) is 5.74. The van der Waals surface area contributed by atoms with E-state index in [4.69, 9.17) is 14.2 Å². The molecule has 0 bridgehead atoms. The van der Waals surface area contributed by atoms with Gasteiger partial charge in [0, 0.05) is 24.5 Å². The highest BCUT2D eigenvalue weighted by Gasteiger charge is 2.46. The number of amides is 1. The molecule has 8 nitrogen and oxygen atoms in total. The quantitative estimate of drug-likeness (QED) is 0.313. The maximum absolute atomic E-state index is 13.5. The summed E-state index contributed by atoms with van der Waals surface area (Å²) in [5.74, 6) is -1.62. The van der Waals surface area contributed by atoms with E-state index in [1.54, 1.807) is 36.7 Å². The van der Waals surface area contributed by atoms with E-state index in [1.165, 1.54) is 38.4 Å². The van der Waals surface area contributed by atoms with Crippen LogP contribution in [0.4, 0.5) is 4.39 Å². The van der Waals surface area contributed by atoms with Gasteiger partial charge in [-0.3, -0.25) is 14.6 Å². The second-order valence-corrected chi connectivity index (χ2v) is 7.75. The second-order valence-electron chi connectivity index (χ2n) is 7.75. The average molecular weight is 478 g/mol. The van der Waals surface area contributed by atoms with Gasteiger partial charge in [-0.05, 0) is 53.6 Å². The molecule has 2 heterocycles. The summed E-state index contributed by atoms with van der Waals surface area (Å²) in [4.78, 5) is 31.8. The van der Waals surface area contributed by atoms with Crippen molar-refractivity contribution in [1.82, 2.24) is 9.88 Å². The average Bonchev–Trinajstić information content (AvgIpc) is 3.13. The fourth-order valence-electron chi connectivity index (χ4n) is 4.10. The molecule has 1 aliphatic rings. The highest BCUT2D eigenvalue weighted by molar-refractivity contribution is 6.46. The van der Waals surface area contributed by atoms with Gasteiger partial charge in [-0.2, -0.15) is 0 Å². The summed E-state index contributed by atoms with van der Waals surface area (Å²) < 4.78 is 29.8. The molecule has 1 atom stereocenters. The van der Waals surface area contributed by atoms with E-state index in [0.29, 0.717) is 28.4 Å². The van der Waals surface area contributed by atoms with Gasteiger partial charge >= 0.3 is 0 Å². The molecule has 1 aromatic heterocycles. The minimum absolute atomic E-state index is 0.0555. The zero-order valence-electron chi connectivity index (χ0n) is 19.3. The molecule has 0 aliphatic carbocycles. The first-order valence-corrected chi connectivity index (χ1v) is 10.6. The van der Waals surface area contributed by atoms with Gasteiger partial charge < -0.3 is 24.2 Å². The molecule has 1 saturated heterocycles. The molecule has 1 N–H and O–H groups in total. The predicted molar refractivity (Wildman–Crippen MR) is 125 cm³/mol. The van der Waals surface area contributed by atoms with Crippen LogP contribution in [0, 0.1) is 5.82 Å². The summed E-state index contributed by atoms with van der Waals surface area (Å²) >= 11 is 0. The third kappa shape index (κ3) is 4.40. The van der Waals surface area contributed by atoms with Gasteiger partial charge in [0.2, 0.25) is 5.75 Å². The van der Waals surface area contributed by atoms with Crippen molar-refractivity contribution in [2.75, 3.05) is 21.3 Å². The van der Waals surface area contributed by atoms with Gasteiger partial charge in [0.05, 0.1) is 32.9 Å². The Morgan fingerprint density at radius 3 is 2.23 bits per heavy atom. The Morgan fingerprint density at radius 1 is 1.03 bits per heavy atom. The summed E-state index contributed by atoms with van der Waals surface area (Å²) in [5.41, 5.74) is 1.20. The van der Waals surface area contributed by atoms with Crippen LogP contribution in [-0.4, -0.2) is 48.0 Å². The Labute approximate surface area is 201 Å². The number of nitrogens with zero attached hydrogens (tertiary/aromatic N) is 2. The van der Waals surface area contributed by atoms with E-state index in [1.807, 2.05) is 0 Å². The van der Waals surface area contributed by atoms with Crippen LogP contribution in [-0.2, 0) is 16.1 Å². The zero-order chi connectivity index (χ0) is 25.1. The molecule has 9 heteroatoms. The Kier molecular flexibility index (Phi) is 6.68. The number of pyridine rings is 1. The van der Waals surface area contributed by atoms with Crippen LogP contribution < -0.4 is 14.2 Å². The van der Waals surface area contributed by atoms with E-state index < -0.39 is 29.3 Å². The Hall–Kier alpha value is -4.40. The van der Waals surface area contributed by atoms with Crippen LogP contribution in [0.1, 0.15) is 22.7 Å². The smallest absolute Gasteiger partial charge is 0.295 e. The number of aliphatic hydroxyl groups excluding tert-OH is 1. The normalized spacial score (nSPS) is 16.9. The van der Waals surface area contributed by atoms with Gasteiger partial charge in [0.15, 0.2) is 11.5 Å². The lowest BCUT2D eigenvalue weighted by molar-refractivity contribution is -0.140. The maximum Gasteiger partial charge on any atom is 0.295 e. The number of carbonyl (C=O) groups excluding carboxylic acids is 2. The van der Waals surface area contributed by atoms with Crippen LogP contribution in [0.2, 0.25) is 0 Å². The number of ketones is 1. The lowest BCUT2D eigenvalue weighted by Crippen LogP contribution is -2.29. The maximum atomic E-state index is 13.5. The van der Waals surface area contributed by atoms with Crippen molar-refractivity contribution >= 4 is 17.4 Å². The number of ether oxygens (including phenoxy) is 3. The van der Waals surface area contributed by atoms with Gasteiger partial charge in [-0.25, -0.2) is 4.39 Å². The fraction of sp³-hybridized carbons (Fsp3) is 0.192. The standard InChI is InChI=1S/C26H23FN2O6/c1-33-19-11-17(12-20(34-2)25(19)35-3)22-21(23(30)16-6-8-18(27)9-7-16)24(31)26(32)29(22)14-15-5-4-10-28-13-15/h4-13,22,30H,14H2,1-3H3. The predicted octanol–water partition coefficient (Wildman–Crippen LogP) is 3.87. The number of aliphatic hydroxyl groups is 1. The summed E-state index contributed by atoms with van der Waals surface area (Å²) in [5, 5.41) is 11.1. The number of carbonyl (C=O) groups is 2. The molecular weight excluding hydrogens is 455 g/mol. The lowest BCUT2D eigenvalue weighted by atomic mass is 9.94. The minimum Gasteiger partial charge on any atom is -0.507 e. The summed E-state index contributed by atoms with van der Waals surface area (Å²) in [6, 6.07) is 10.7. The monoisotopic (exact) mass is 478 g/mol. The van der Waals surface area contributed by atoms with E-state index in [2.05, 4.69) is 4.98 Å². The Morgan fingerprint density at radius 2 is 1.69 bits per heavy atom. The number of halogens is 1. The zero-order valence-corrected chi connectivity index (χ0v) is 19.3. The molecule has 4 rings (SSSR count). The minimum atomic E-state index is -0.992. The van der Waals surface area contributed by atoms with E-state index in [-0.39, 0.29) is 17.7 Å². The van der Waals surface area contributed by atoms with Crippen molar-refractivity contribution in [3.63, 3.8) is 0 Å². The van der Waals surface area contributed by atoms with Gasteiger partial charge in [0.25, 0.3) is 11.7 Å². The number of likely N-dealkylation sites (tertiary alicyclic amines) is 1. The molecule has 180 valence electrons. The van der Waals surface area contributed by atoms with Gasteiger partial charge in [-0.1, -0.05) is 6.07 Å². The molecule has 1 fully saturated rings.